The quantitative estimate of drug-likeness (QED) is 0.427. The largest absolute Gasteiger partial charge is 0.497 e. The lowest BCUT2D eigenvalue weighted by Gasteiger charge is -2.22. The zero-order chi connectivity index (χ0) is 22.9. The van der Waals surface area contributed by atoms with Gasteiger partial charge in [0.2, 0.25) is 9.84 Å². The fourth-order valence-electron chi connectivity index (χ4n) is 3.27. The first-order valence-electron chi connectivity index (χ1n) is 9.35. The van der Waals surface area contributed by atoms with Crippen molar-refractivity contribution in [1.29, 1.82) is 0 Å². The van der Waals surface area contributed by atoms with Gasteiger partial charge in [0.15, 0.2) is 5.37 Å². The van der Waals surface area contributed by atoms with Gasteiger partial charge in [-0.2, -0.15) is 0 Å². The number of ether oxygens (including phenoxy) is 1. The molecule has 10 nitrogen and oxygen atoms in total. The SMILES string of the molecule is COc1ccc(S(=O)(=O)C(Nc2c(C(=O)O)cnc3onc(C)c23)c2cccnc2)cc1. The average Bonchev–Trinajstić information content (AvgIpc) is 3.18. The molecule has 0 aliphatic carbocycles. The molecule has 0 aliphatic rings. The average molecular weight is 454 g/mol. The molecule has 164 valence electrons. The van der Waals surface area contributed by atoms with E-state index in [0.717, 1.165) is 6.20 Å². The van der Waals surface area contributed by atoms with Crippen LogP contribution in [-0.4, -0.2) is 41.7 Å². The third-order valence-electron chi connectivity index (χ3n) is 4.87. The van der Waals surface area contributed by atoms with Crippen molar-refractivity contribution >= 4 is 32.6 Å². The van der Waals surface area contributed by atoms with E-state index in [4.69, 9.17) is 9.26 Å². The molecule has 0 spiro atoms. The maximum absolute atomic E-state index is 13.6. The Hall–Kier alpha value is -3.99. The predicted octanol–water partition coefficient (Wildman–Crippen LogP) is 3.22. The van der Waals surface area contributed by atoms with Gasteiger partial charge in [0.1, 0.15) is 11.3 Å². The van der Waals surface area contributed by atoms with Gasteiger partial charge in [0.25, 0.3) is 5.71 Å². The standard InChI is InChI=1S/C21H18N4O6S/c1-12-17-18(16(21(26)27)11-23-19(17)31-25-12)24-20(13-4-3-9-22-10-13)32(28,29)15-7-5-14(30-2)6-8-15/h3-11,20H,1-2H3,(H,23,24)(H,26,27). The highest BCUT2D eigenvalue weighted by atomic mass is 32.2. The van der Waals surface area contributed by atoms with Crippen molar-refractivity contribution in [2.75, 3.05) is 12.4 Å². The number of methoxy groups -OCH3 is 1. The number of hydrogen-bond acceptors (Lipinski definition) is 9. The molecule has 4 aromatic rings. The van der Waals surface area contributed by atoms with Crippen LogP contribution in [-0.2, 0) is 9.84 Å². The zero-order valence-electron chi connectivity index (χ0n) is 17.0. The van der Waals surface area contributed by atoms with Crippen LogP contribution in [0, 0.1) is 6.92 Å². The summed E-state index contributed by atoms with van der Waals surface area (Å²) >= 11 is 0. The lowest BCUT2D eigenvalue weighted by molar-refractivity contribution is 0.0697. The van der Waals surface area contributed by atoms with E-state index < -0.39 is 21.2 Å². The Kier molecular flexibility index (Phi) is 5.49. The number of aromatic nitrogens is 3. The van der Waals surface area contributed by atoms with Crippen LogP contribution in [0.25, 0.3) is 11.1 Å². The van der Waals surface area contributed by atoms with Gasteiger partial charge in [-0.3, -0.25) is 4.98 Å². The minimum absolute atomic E-state index is 0.0175. The molecule has 32 heavy (non-hydrogen) atoms. The molecular formula is C21H18N4O6S. The molecule has 1 unspecified atom stereocenters. The number of aryl methyl sites for hydroxylation is 1. The number of sulfone groups is 1. The highest BCUT2D eigenvalue weighted by Crippen LogP contribution is 2.36. The van der Waals surface area contributed by atoms with Crippen molar-refractivity contribution < 1.29 is 27.6 Å². The minimum Gasteiger partial charge on any atom is -0.497 e. The van der Waals surface area contributed by atoms with E-state index in [1.54, 1.807) is 19.1 Å². The third kappa shape index (κ3) is 3.73. The van der Waals surface area contributed by atoms with Crippen molar-refractivity contribution in [3.05, 3.63) is 71.8 Å². The van der Waals surface area contributed by atoms with Crippen molar-refractivity contribution in [2.24, 2.45) is 0 Å². The van der Waals surface area contributed by atoms with Crippen LogP contribution < -0.4 is 10.1 Å². The smallest absolute Gasteiger partial charge is 0.339 e. The second-order valence-corrected chi connectivity index (χ2v) is 8.86. The van der Waals surface area contributed by atoms with Crippen molar-refractivity contribution in [3.63, 3.8) is 0 Å². The number of fused-ring (bicyclic) bond motifs is 1. The Morgan fingerprint density at radius 3 is 2.56 bits per heavy atom. The summed E-state index contributed by atoms with van der Waals surface area (Å²) in [7, 11) is -2.58. The molecule has 2 N–H and O–H groups in total. The number of pyridine rings is 2. The molecule has 1 atom stereocenters. The predicted molar refractivity (Wildman–Crippen MR) is 114 cm³/mol. The van der Waals surface area contributed by atoms with Gasteiger partial charge in [0, 0.05) is 24.2 Å². The number of anilines is 1. The number of carbonyl (C=O) groups is 1. The highest BCUT2D eigenvalue weighted by Gasteiger charge is 2.32. The molecular weight excluding hydrogens is 436 g/mol. The molecule has 0 amide bonds. The van der Waals surface area contributed by atoms with Gasteiger partial charge in [-0.25, -0.2) is 18.2 Å². The molecule has 3 aromatic heterocycles. The molecule has 0 saturated heterocycles. The van der Waals surface area contributed by atoms with Crippen LogP contribution >= 0.6 is 0 Å². The van der Waals surface area contributed by atoms with Crippen molar-refractivity contribution in [3.8, 4) is 5.75 Å². The molecule has 0 fully saturated rings. The van der Waals surface area contributed by atoms with Gasteiger partial charge in [-0.05, 0) is 37.3 Å². The minimum atomic E-state index is -4.06. The molecule has 3 heterocycles. The summed E-state index contributed by atoms with van der Waals surface area (Å²) < 4.78 is 37.5. The molecule has 0 aliphatic heterocycles. The number of carboxylic acids is 1. The summed E-state index contributed by atoms with van der Waals surface area (Å²) in [4.78, 5) is 19.9. The van der Waals surface area contributed by atoms with E-state index >= 15 is 0 Å². The van der Waals surface area contributed by atoms with E-state index in [9.17, 15) is 18.3 Å². The van der Waals surface area contributed by atoms with Crippen LogP contribution in [0.3, 0.4) is 0 Å². The van der Waals surface area contributed by atoms with Crippen LogP contribution in [0.2, 0.25) is 0 Å². The fraction of sp³-hybridized carbons (Fsp3) is 0.143. The lowest BCUT2D eigenvalue weighted by Crippen LogP contribution is -2.23. The Bertz CT molecular complexity index is 1390. The Balaban J connectivity index is 1.91. The van der Waals surface area contributed by atoms with Crippen LogP contribution in [0.5, 0.6) is 5.75 Å². The topological polar surface area (TPSA) is 145 Å². The Labute approximate surface area is 182 Å². The summed E-state index contributed by atoms with van der Waals surface area (Å²) in [6.07, 6.45) is 4.01. The van der Waals surface area contributed by atoms with E-state index in [0.29, 0.717) is 17.0 Å². The van der Waals surface area contributed by atoms with E-state index in [1.807, 2.05) is 0 Å². The first kappa shape index (κ1) is 21.2. The van der Waals surface area contributed by atoms with E-state index in [1.165, 1.54) is 43.8 Å². The van der Waals surface area contributed by atoms with Crippen LogP contribution in [0.4, 0.5) is 5.69 Å². The number of carboxylic acid groups (broad SMARTS) is 1. The molecule has 11 heteroatoms. The first-order valence-corrected chi connectivity index (χ1v) is 10.9. The summed E-state index contributed by atoms with van der Waals surface area (Å²) in [5, 5.41) is 15.4. The molecule has 1 aromatic carbocycles. The Morgan fingerprint density at radius 2 is 1.94 bits per heavy atom. The second kappa shape index (κ2) is 8.27. The fourth-order valence-corrected chi connectivity index (χ4v) is 4.83. The Morgan fingerprint density at radius 1 is 1.19 bits per heavy atom. The van der Waals surface area contributed by atoms with Gasteiger partial charge in [0.05, 0.1) is 28.8 Å². The monoisotopic (exact) mass is 454 g/mol. The summed E-state index contributed by atoms with van der Waals surface area (Å²) in [6, 6.07) is 9.09. The lowest BCUT2D eigenvalue weighted by atomic mass is 10.1. The summed E-state index contributed by atoms with van der Waals surface area (Å²) in [5.41, 5.74) is 0.584. The maximum Gasteiger partial charge on any atom is 0.339 e. The summed E-state index contributed by atoms with van der Waals surface area (Å²) in [5.74, 6) is -0.784. The van der Waals surface area contributed by atoms with Gasteiger partial charge in [-0.15, -0.1) is 0 Å². The van der Waals surface area contributed by atoms with E-state index in [2.05, 4.69) is 20.4 Å². The number of nitrogens with one attached hydrogen (secondary N) is 1. The normalized spacial score (nSPS) is 12.4. The first-order chi connectivity index (χ1) is 15.3. The maximum atomic E-state index is 13.6. The summed E-state index contributed by atoms with van der Waals surface area (Å²) in [6.45, 7) is 1.61. The zero-order valence-corrected chi connectivity index (χ0v) is 17.8. The second-order valence-electron chi connectivity index (χ2n) is 6.83. The number of nitrogens with zero attached hydrogens (tertiary/aromatic N) is 3. The third-order valence-corrected chi connectivity index (χ3v) is 6.81. The van der Waals surface area contributed by atoms with Crippen molar-refractivity contribution in [1.82, 2.24) is 15.1 Å². The van der Waals surface area contributed by atoms with Crippen LogP contribution in [0.1, 0.15) is 27.0 Å². The van der Waals surface area contributed by atoms with Crippen molar-refractivity contribution in [2.45, 2.75) is 17.2 Å². The van der Waals surface area contributed by atoms with E-state index in [-0.39, 0.29) is 27.2 Å². The van der Waals surface area contributed by atoms with Gasteiger partial charge < -0.3 is 19.7 Å². The van der Waals surface area contributed by atoms with Gasteiger partial charge in [-0.1, -0.05) is 11.2 Å². The van der Waals surface area contributed by atoms with Crippen LogP contribution in [0.15, 0.2) is 64.4 Å². The molecule has 0 saturated carbocycles. The number of benzene rings is 1. The van der Waals surface area contributed by atoms with Gasteiger partial charge >= 0.3 is 5.97 Å². The highest BCUT2D eigenvalue weighted by molar-refractivity contribution is 7.91. The molecule has 4 rings (SSSR count). The number of hydrogen-bond donors (Lipinski definition) is 2. The molecule has 0 radical (unpaired) electrons. The number of rotatable bonds is 7. The molecule has 0 bridgehead atoms. The number of aromatic carboxylic acids is 1.